The molecule has 1 rings (SSSR count). The molecule has 4 heteroatoms. The maximum absolute atomic E-state index is 6.02. The van der Waals surface area contributed by atoms with Gasteiger partial charge >= 0.3 is 0 Å². The quantitative estimate of drug-likeness (QED) is 0.722. The molecule has 0 N–H and O–H groups in total. The minimum Gasteiger partial charge on any atom is -0.347 e. The molecular formula is C10H16ClN3. The topological polar surface area (TPSA) is 29.0 Å². The maximum Gasteiger partial charge on any atom is 0.224 e. The highest BCUT2D eigenvalue weighted by molar-refractivity contribution is 6.20. The summed E-state index contributed by atoms with van der Waals surface area (Å²) in [6.45, 7) is 4.04. The molecule has 0 aliphatic carbocycles. The summed E-state index contributed by atoms with van der Waals surface area (Å²) in [4.78, 5) is 10.5. The molecule has 1 aromatic heterocycles. The zero-order chi connectivity index (χ0) is 10.7. The fourth-order valence-corrected chi connectivity index (χ4v) is 1.20. The number of nitrogens with zero attached hydrogens (tertiary/aromatic N) is 3. The average molecular weight is 214 g/mol. The van der Waals surface area contributed by atoms with E-state index in [1.54, 1.807) is 6.20 Å². The van der Waals surface area contributed by atoms with Crippen LogP contribution in [0.1, 0.15) is 25.5 Å². The Labute approximate surface area is 90.1 Å². The van der Waals surface area contributed by atoms with Gasteiger partial charge in [0.1, 0.15) is 0 Å². The smallest absolute Gasteiger partial charge is 0.224 e. The monoisotopic (exact) mass is 213 g/mol. The van der Waals surface area contributed by atoms with Gasteiger partial charge in [0.25, 0.3) is 0 Å². The summed E-state index contributed by atoms with van der Waals surface area (Å²) in [5.74, 6) is 0.977. The Bertz CT molecular complexity index is 299. The lowest BCUT2D eigenvalue weighted by molar-refractivity contribution is 0.710. The predicted molar refractivity (Wildman–Crippen MR) is 60.1 cm³/mol. The number of anilines is 1. The van der Waals surface area contributed by atoms with Crippen molar-refractivity contribution in [2.75, 3.05) is 19.0 Å². The largest absolute Gasteiger partial charge is 0.347 e. The van der Waals surface area contributed by atoms with Gasteiger partial charge in [-0.25, -0.2) is 9.97 Å². The van der Waals surface area contributed by atoms with E-state index >= 15 is 0 Å². The molecule has 0 bridgehead atoms. The highest BCUT2D eigenvalue weighted by Gasteiger charge is 2.14. The van der Waals surface area contributed by atoms with Crippen molar-refractivity contribution in [2.24, 2.45) is 0 Å². The zero-order valence-electron chi connectivity index (χ0n) is 9.03. The van der Waals surface area contributed by atoms with Gasteiger partial charge in [-0.1, -0.05) is 6.92 Å². The molecule has 3 nitrogen and oxygen atoms in total. The van der Waals surface area contributed by atoms with Crippen LogP contribution in [0, 0.1) is 0 Å². The van der Waals surface area contributed by atoms with E-state index in [1.807, 2.05) is 32.0 Å². The van der Waals surface area contributed by atoms with Crippen molar-refractivity contribution < 1.29 is 0 Å². The molecule has 1 heterocycles. The normalized spacial score (nSPS) is 14.9. The van der Waals surface area contributed by atoms with Gasteiger partial charge in [0.2, 0.25) is 5.95 Å². The summed E-state index contributed by atoms with van der Waals surface area (Å²) in [6, 6.07) is 1.91. The van der Waals surface area contributed by atoms with Crippen molar-refractivity contribution in [2.45, 2.75) is 25.1 Å². The summed E-state index contributed by atoms with van der Waals surface area (Å²) >= 11 is 6.02. The summed E-state index contributed by atoms with van der Waals surface area (Å²) < 4.78 is 0. The Hall–Kier alpha value is -0.830. The summed E-state index contributed by atoms with van der Waals surface area (Å²) in [6.07, 6.45) is 1.77. The van der Waals surface area contributed by atoms with Crippen LogP contribution in [0.15, 0.2) is 12.3 Å². The van der Waals surface area contributed by atoms with Crippen molar-refractivity contribution in [1.82, 2.24) is 9.97 Å². The van der Waals surface area contributed by atoms with Crippen LogP contribution in [0.2, 0.25) is 0 Å². The predicted octanol–water partition coefficient (Wildman–Crippen LogP) is 2.27. The first-order chi connectivity index (χ1) is 6.52. The van der Waals surface area contributed by atoms with Crippen LogP contribution < -0.4 is 4.90 Å². The molecule has 0 spiro atoms. The van der Waals surface area contributed by atoms with Gasteiger partial charge in [0, 0.05) is 31.6 Å². The van der Waals surface area contributed by atoms with Gasteiger partial charge in [-0.2, -0.15) is 0 Å². The van der Waals surface area contributed by atoms with E-state index in [-0.39, 0.29) is 11.3 Å². The first kappa shape index (κ1) is 11.2. The standard InChI is InChI=1S/C10H16ClN3/c1-7(8(2)11)9-5-6-12-10(13-9)14(3)4/h5-8H,1-4H3. The molecule has 0 amide bonds. The average Bonchev–Trinajstić information content (AvgIpc) is 2.16. The second kappa shape index (κ2) is 4.60. The zero-order valence-corrected chi connectivity index (χ0v) is 9.78. The molecule has 0 aromatic carbocycles. The second-order valence-corrected chi connectivity index (χ2v) is 4.33. The highest BCUT2D eigenvalue weighted by Crippen LogP contribution is 2.21. The molecular weight excluding hydrogens is 198 g/mol. The van der Waals surface area contributed by atoms with Gasteiger partial charge in [0.05, 0.1) is 5.69 Å². The van der Waals surface area contributed by atoms with E-state index in [0.29, 0.717) is 0 Å². The van der Waals surface area contributed by atoms with Crippen LogP contribution in [-0.4, -0.2) is 29.4 Å². The van der Waals surface area contributed by atoms with Crippen LogP contribution in [0.3, 0.4) is 0 Å². The van der Waals surface area contributed by atoms with Gasteiger partial charge in [-0.15, -0.1) is 11.6 Å². The molecule has 0 saturated carbocycles. The van der Waals surface area contributed by atoms with E-state index in [4.69, 9.17) is 11.6 Å². The molecule has 0 radical (unpaired) electrons. The molecule has 0 saturated heterocycles. The Morgan fingerprint density at radius 1 is 1.36 bits per heavy atom. The minimum absolute atomic E-state index is 0.0833. The summed E-state index contributed by atoms with van der Waals surface area (Å²) in [7, 11) is 3.85. The van der Waals surface area contributed by atoms with Gasteiger partial charge in [-0.05, 0) is 13.0 Å². The number of rotatable bonds is 3. The van der Waals surface area contributed by atoms with E-state index in [2.05, 4.69) is 16.9 Å². The number of hydrogen-bond acceptors (Lipinski definition) is 3. The number of halogens is 1. The number of aromatic nitrogens is 2. The minimum atomic E-state index is 0.0833. The van der Waals surface area contributed by atoms with E-state index in [0.717, 1.165) is 11.6 Å². The first-order valence-corrected chi connectivity index (χ1v) is 5.10. The van der Waals surface area contributed by atoms with Crippen LogP contribution in [0.5, 0.6) is 0 Å². The Kier molecular flexibility index (Phi) is 3.69. The molecule has 0 aliphatic rings. The fourth-order valence-electron chi connectivity index (χ4n) is 1.07. The maximum atomic E-state index is 6.02. The third-order valence-electron chi connectivity index (χ3n) is 2.22. The van der Waals surface area contributed by atoms with Crippen LogP contribution in [0.25, 0.3) is 0 Å². The molecule has 2 atom stereocenters. The molecule has 14 heavy (non-hydrogen) atoms. The van der Waals surface area contributed by atoms with Gasteiger partial charge in [0.15, 0.2) is 0 Å². The van der Waals surface area contributed by atoms with E-state index in [9.17, 15) is 0 Å². The Morgan fingerprint density at radius 3 is 2.50 bits per heavy atom. The lowest BCUT2D eigenvalue weighted by Crippen LogP contribution is -2.15. The van der Waals surface area contributed by atoms with E-state index < -0.39 is 0 Å². The van der Waals surface area contributed by atoms with Crippen molar-refractivity contribution in [3.05, 3.63) is 18.0 Å². The van der Waals surface area contributed by atoms with Crippen molar-refractivity contribution in [3.63, 3.8) is 0 Å². The van der Waals surface area contributed by atoms with E-state index in [1.165, 1.54) is 0 Å². The highest BCUT2D eigenvalue weighted by atomic mass is 35.5. The van der Waals surface area contributed by atoms with Crippen LogP contribution in [0.4, 0.5) is 5.95 Å². The molecule has 0 aliphatic heterocycles. The lowest BCUT2D eigenvalue weighted by Gasteiger charge is -2.16. The van der Waals surface area contributed by atoms with Crippen LogP contribution in [-0.2, 0) is 0 Å². The SMILES string of the molecule is CC(Cl)C(C)c1ccnc(N(C)C)n1. The number of hydrogen-bond donors (Lipinski definition) is 0. The third-order valence-corrected chi connectivity index (χ3v) is 2.60. The third kappa shape index (κ3) is 2.58. The molecule has 2 unspecified atom stereocenters. The molecule has 0 fully saturated rings. The van der Waals surface area contributed by atoms with Crippen molar-refractivity contribution in [1.29, 1.82) is 0 Å². The Balaban J connectivity index is 2.93. The molecule has 1 aromatic rings. The van der Waals surface area contributed by atoms with Crippen molar-refractivity contribution in [3.8, 4) is 0 Å². The summed E-state index contributed by atoms with van der Waals surface area (Å²) in [5.41, 5.74) is 0.992. The lowest BCUT2D eigenvalue weighted by atomic mass is 10.0. The number of alkyl halides is 1. The van der Waals surface area contributed by atoms with Gasteiger partial charge < -0.3 is 4.90 Å². The van der Waals surface area contributed by atoms with Gasteiger partial charge in [-0.3, -0.25) is 0 Å². The van der Waals surface area contributed by atoms with Crippen LogP contribution >= 0.6 is 11.6 Å². The summed E-state index contributed by atoms with van der Waals surface area (Å²) in [5, 5.41) is 0.0833. The van der Waals surface area contributed by atoms with Crippen molar-refractivity contribution >= 4 is 17.5 Å². The fraction of sp³-hybridized carbons (Fsp3) is 0.600. The molecule has 78 valence electrons. The Morgan fingerprint density at radius 2 is 2.00 bits per heavy atom. The second-order valence-electron chi connectivity index (χ2n) is 3.64. The first-order valence-electron chi connectivity index (χ1n) is 4.66.